The quantitative estimate of drug-likeness (QED) is 0.0261. The number of unbranched alkanes of at least 4 members (excludes halogenated alkanes) is 34. The minimum atomic E-state index is -0.787. The predicted octanol–water partition coefficient (Wildman–Crippen LogP) is 22.3. The molecular weight excluding hydrogens is 937 g/mol. The lowest BCUT2D eigenvalue weighted by Gasteiger charge is -2.18. The molecule has 0 fully saturated rings. The van der Waals surface area contributed by atoms with E-state index in [-0.39, 0.29) is 31.1 Å². The second-order valence-corrected chi connectivity index (χ2v) is 21.6. The number of allylic oxidation sites excluding steroid dienone is 14. The number of carbonyl (C=O) groups is 3. The average molecular weight is 1060 g/mol. The monoisotopic (exact) mass is 1060 g/mol. The average Bonchev–Trinajstić information content (AvgIpc) is 3.42. The van der Waals surface area contributed by atoms with E-state index in [1.165, 1.54) is 161 Å². The molecule has 0 radical (unpaired) electrons. The van der Waals surface area contributed by atoms with Crippen LogP contribution in [0.5, 0.6) is 0 Å². The van der Waals surface area contributed by atoms with Crippen LogP contribution in [0.4, 0.5) is 0 Å². The van der Waals surface area contributed by atoms with Crippen molar-refractivity contribution in [1.29, 1.82) is 0 Å². The lowest BCUT2D eigenvalue weighted by Crippen LogP contribution is -2.30. The molecule has 0 rings (SSSR count). The van der Waals surface area contributed by atoms with Crippen molar-refractivity contribution >= 4 is 17.9 Å². The van der Waals surface area contributed by atoms with Gasteiger partial charge in [0.05, 0.1) is 0 Å². The Morgan fingerprint density at radius 1 is 0.276 bits per heavy atom. The summed E-state index contributed by atoms with van der Waals surface area (Å²) < 4.78 is 16.9. The molecule has 0 aromatic carbocycles. The summed E-state index contributed by atoms with van der Waals surface area (Å²) in [6, 6.07) is 0. The van der Waals surface area contributed by atoms with Crippen LogP contribution >= 0.6 is 0 Å². The van der Waals surface area contributed by atoms with Crippen LogP contribution in [0.3, 0.4) is 0 Å². The highest BCUT2D eigenvalue weighted by molar-refractivity contribution is 5.71. The molecule has 1 unspecified atom stereocenters. The predicted molar refractivity (Wildman–Crippen MR) is 330 cm³/mol. The number of hydrogen-bond acceptors (Lipinski definition) is 6. The molecule has 0 saturated heterocycles. The molecule has 6 nitrogen and oxygen atoms in total. The zero-order valence-corrected chi connectivity index (χ0v) is 50.3. The van der Waals surface area contributed by atoms with E-state index in [9.17, 15) is 14.4 Å². The summed E-state index contributed by atoms with van der Waals surface area (Å²) in [5.74, 6) is -0.894. The van der Waals surface area contributed by atoms with Crippen LogP contribution in [-0.4, -0.2) is 37.2 Å². The van der Waals surface area contributed by atoms with E-state index in [1.807, 2.05) is 0 Å². The number of esters is 3. The zero-order chi connectivity index (χ0) is 55.0. The molecule has 0 N–H and O–H groups in total. The van der Waals surface area contributed by atoms with Gasteiger partial charge in [0.25, 0.3) is 0 Å². The van der Waals surface area contributed by atoms with Gasteiger partial charge in [-0.1, -0.05) is 298 Å². The van der Waals surface area contributed by atoms with Gasteiger partial charge in [0.2, 0.25) is 0 Å². The van der Waals surface area contributed by atoms with Crippen LogP contribution in [-0.2, 0) is 28.6 Å². The van der Waals surface area contributed by atoms with E-state index < -0.39 is 6.10 Å². The van der Waals surface area contributed by atoms with E-state index in [4.69, 9.17) is 14.2 Å². The first kappa shape index (κ1) is 72.6. The highest BCUT2D eigenvalue weighted by Crippen LogP contribution is 2.17. The molecule has 0 bridgehead atoms. The van der Waals surface area contributed by atoms with Crippen molar-refractivity contribution in [3.05, 3.63) is 85.1 Å². The van der Waals surface area contributed by atoms with Crippen LogP contribution in [0.25, 0.3) is 0 Å². The smallest absolute Gasteiger partial charge is 0.306 e. The Hall–Kier alpha value is -3.41. The largest absolute Gasteiger partial charge is 0.462 e. The normalized spacial score (nSPS) is 12.6. The molecule has 0 aliphatic rings. The minimum absolute atomic E-state index is 0.0847. The van der Waals surface area contributed by atoms with Gasteiger partial charge in [-0.15, -0.1) is 0 Å². The van der Waals surface area contributed by atoms with E-state index in [1.54, 1.807) is 0 Å². The molecule has 0 aromatic heterocycles. The minimum Gasteiger partial charge on any atom is -0.462 e. The number of ether oxygens (including phenoxy) is 3. The van der Waals surface area contributed by atoms with Crippen molar-refractivity contribution in [2.45, 2.75) is 329 Å². The summed E-state index contributed by atoms with van der Waals surface area (Å²) in [4.78, 5) is 38.3. The van der Waals surface area contributed by atoms with Crippen LogP contribution in [0.2, 0.25) is 0 Å². The third-order valence-electron chi connectivity index (χ3n) is 14.1. The van der Waals surface area contributed by atoms with Gasteiger partial charge in [0, 0.05) is 19.3 Å². The molecule has 0 aliphatic carbocycles. The number of carbonyl (C=O) groups excluding carboxylic acids is 3. The third-order valence-corrected chi connectivity index (χ3v) is 14.1. The maximum absolute atomic E-state index is 12.9. The van der Waals surface area contributed by atoms with E-state index in [0.29, 0.717) is 19.3 Å². The first-order chi connectivity index (χ1) is 37.5. The Balaban J connectivity index is 4.33. The summed E-state index contributed by atoms with van der Waals surface area (Å²) in [6.45, 7) is 6.48. The fraction of sp³-hybridized carbons (Fsp3) is 0.757. The molecule has 0 aliphatic heterocycles. The van der Waals surface area contributed by atoms with Crippen LogP contribution in [0, 0.1) is 0 Å². The highest BCUT2D eigenvalue weighted by Gasteiger charge is 2.19. The molecule has 76 heavy (non-hydrogen) atoms. The van der Waals surface area contributed by atoms with Crippen molar-refractivity contribution in [2.24, 2.45) is 0 Å². The highest BCUT2D eigenvalue weighted by atomic mass is 16.6. The van der Waals surface area contributed by atoms with Crippen molar-refractivity contribution in [1.82, 2.24) is 0 Å². The van der Waals surface area contributed by atoms with Crippen LogP contribution in [0.15, 0.2) is 85.1 Å². The first-order valence-corrected chi connectivity index (χ1v) is 32.6. The summed E-state index contributed by atoms with van der Waals surface area (Å²) in [5, 5.41) is 0. The van der Waals surface area contributed by atoms with Crippen molar-refractivity contribution in [3.8, 4) is 0 Å². The van der Waals surface area contributed by atoms with Gasteiger partial charge >= 0.3 is 17.9 Å². The van der Waals surface area contributed by atoms with Gasteiger partial charge in [-0.05, 0) is 89.9 Å². The zero-order valence-electron chi connectivity index (χ0n) is 50.3. The van der Waals surface area contributed by atoms with Gasteiger partial charge in [0.1, 0.15) is 13.2 Å². The standard InChI is InChI=1S/C70H122O6/c1-4-7-10-13-16-19-22-25-27-29-31-33-35-37-38-40-42-45-48-51-54-57-60-63-69(72)75-66-67(65-74-68(71)62-59-56-53-50-47-44-24-21-18-15-12-9-6-3)76-70(73)64-61-58-55-52-49-46-43-41-39-36-34-32-30-28-26-23-20-17-14-11-8-5-2/h7,10,12,15-16,19,21,24-25,27,31,33,37-38,67H,4-6,8-9,11,13-14,17-18,20,22-23,26,28-30,32,34-36,39-66H2,1-3H3/b10-7-,15-12-,19-16-,24-21-,27-25-,33-31-,38-37-. The van der Waals surface area contributed by atoms with Gasteiger partial charge in [-0.25, -0.2) is 0 Å². The third kappa shape index (κ3) is 61.4. The maximum atomic E-state index is 12.9. The first-order valence-electron chi connectivity index (χ1n) is 32.6. The Labute approximate surface area is 471 Å². The van der Waals surface area contributed by atoms with Crippen molar-refractivity contribution in [3.63, 3.8) is 0 Å². The molecule has 0 aromatic rings. The molecule has 1 atom stereocenters. The van der Waals surface area contributed by atoms with Gasteiger partial charge < -0.3 is 14.2 Å². The van der Waals surface area contributed by atoms with Gasteiger partial charge in [-0.3, -0.25) is 14.4 Å². The summed E-state index contributed by atoms with van der Waals surface area (Å²) >= 11 is 0. The molecule has 0 heterocycles. The fourth-order valence-corrected chi connectivity index (χ4v) is 9.27. The van der Waals surface area contributed by atoms with E-state index in [2.05, 4.69) is 106 Å². The SMILES string of the molecule is CC/C=C\C/C=C\C/C=C\C/C=C\C/C=C\CCCCCCCCCC(=O)OCC(COC(=O)CCCCCCC/C=C\C/C=C\CCC)OC(=O)CCCCCCCCCCCCCCCCCCCCCCCC. The second kappa shape index (κ2) is 64.1. The van der Waals surface area contributed by atoms with Crippen LogP contribution < -0.4 is 0 Å². The molecule has 438 valence electrons. The number of rotatable bonds is 59. The van der Waals surface area contributed by atoms with Gasteiger partial charge in [-0.2, -0.15) is 0 Å². The molecule has 6 heteroatoms. The van der Waals surface area contributed by atoms with E-state index in [0.717, 1.165) is 122 Å². The fourth-order valence-electron chi connectivity index (χ4n) is 9.27. The lowest BCUT2D eigenvalue weighted by atomic mass is 10.0. The molecule has 0 amide bonds. The molecular formula is C70H122O6. The lowest BCUT2D eigenvalue weighted by molar-refractivity contribution is -0.167. The second-order valence-electron chi connectivity index (χ2n) is 21.6. The Morgan fingerprint density at radius 2 is 0.539 bits per heavy atom. The molecule has 0 saturated carbocycles. The number of hydrogen-bond donors (Lipinski definition) is 0. The Bertz CT molecular complexity index is 1450. The van der Waals surface area contributed by atoms with Crippen molar-refractivity contribution < 1.29 is 28.6 Å². The van der Waals surface area contributed by atoms with Gasteiger partial charge in [0.15, 0.2) is 6.10 Å². The summed E-state index contributed by atoms with van der Waals surface area (Å²) in [7, 11) is 0. The van der Waals surface area contributed by atoms with Crippen molar-refractivity contribution in [2.75, 3.05) is 13.2 Å². The summed E-state index contributed by atoms with van der Waals surface area (Å²) in [6.07, 6.45) is 84.5. The summed E-state index contributed by atoms with van der Waals surface area (Å²) in [5.41, 5.74) is 0. The van der Waals surface area contributed by atoms with Crippen LogP contribution in [0.1, 0.15) is 323 Å². The Morgan fingerprint density at radius 3 is 0.855 bits per heavy atom. The van der Waals surface area contributed by atoms with E-state index >= 15 is 0 Å². The Kier molecular flexibility index (Phi) is 61.2. The maximum Gasteiger partial charge on any atom is 0.306 e. The molecule has 0 spiro atoms. The topological polar surface area (TPSA) is 78.9 Å².